The molecule has 0 spiro atoms. The molecule has 1 heterocycles. The molecule has 5 nitrogen and oxygen atoms in total. The van der Waals surface area contributed by atoms with Gasteiger partial charge in [0, 0.05) is 11.0 Å². The van der Waals surface area contributed by atoms with Gasteiger partial charge in [-0.1, -0.05) is 6.92 Å². The SMILES string of the molecule is CCCS(=O)(=O)Oc1ccc2c(c1)NC(=O)CS2. The molecule has 0 unspecified atom stereocenters. The first-order chi connectivity index (χ1) is 8.50. The number of hydrogen-bond acceptors (Lipinski definition) is 5. The molecule has 0 saturated carbocycles. The van der Waals surface area contributed by atoms with Gasteiger partial charge in [0.1, 0.15) is 5.75 Å². The minimum atomic E-state index is -3.54. The van der Waals surface area contributed by atoms with Crippen LogP contribution in [-0.2, 0) is 14.9 Å². The van der Waals surface area contributed by atoms with Crippen LogP contribution in [0.4, 0.5) is 5.69 Å². The Bertz CT molecular complexity index is 568. The summed E-state index contributed by atoms with van der Waals surface area (Å²) in [5.74, 6) is 0.484. The Morgan fingerprint density at radius 1 is 1.44 bits per heavy atom. The van der Waals surface area contributed by atoms with Crippen LogP contribution < -0.4 is 9.50 Å². The molecule has 1 aromatic rings. The van der Waals surface area contributed by atoms with E-state index >= 15 is 0 Å². The average Bonchev–Trinajstić information content (AvgIpc) is 2.27. The summed E-state index contributed by atoms with van der Waals surface area (Å²) in [6.45, 7) is 1.77. The van der Waals surface area contributed by atoms with Crippen LogP contribution >= 0.6 is 11.8 Å². The Morgan fingerprint density at radius 2 is 2.22 bits per heavy atom. The third kappa shape index (κ3) is 3.17. The van der Waals surface area contributed by atoms with E-state index in [2.05, 4.69) is 5.32 Å². The highest BCUT2D eigenvalue weighted by molar-refractivity contribution is 8.00. The monoisotopic (exact) mass is 287 g/mol. The van der Waals surface area contributed by atoms with E-state index in [1.54, 1.807) is 19.1 Å². The fourth-order valence-corrected chi connectivity index (χ4v) is 3.32. The molecule has 0 atom stereocenters. The molecule has 1 aliphatic heterocycles. The first kappa shape index (κ1) is 13.2. The topological polar surface area (TPSA) is 72.5 Å². The second kappa shape index (κ2) is 5.19. The first-order valence-corrected chi connectivity index (χ1v) is 8.05. The molecule has 0 aromatic heterocycles. The van der Waals surface area contributed by atoms with Crippen molar-refractivity contribution >= 4 is 33.5 Å². The summed E-state index contributed by atoms with van der Waals surface area (Å²) in [7, 11) is -3.54. The predicted octanol–water partition coefficient (Wildman–Crippen LogP) is 1.85. The predicted molar refractivity (Wildman–Crippen MR) is 70.5 cm³/mol. The number of hydrogen-bond donors (Lipinski definition) is 1. The molecular formula is C11H13NO4S2. The Kier molecular flexibility index (Phi) is 3.82. The standard InChI is InChI=1S/C11H13NO4S2/c1-2-5-18(14,15)16-8-3-4-10-9(6-8)12-11(13)7-17-10/h3-4,6H,2,5,7H2,1H3,(H,12,13). The summed E-state index contributed by atoms with van der Waals surface area (Å²) >= 11 is 1.42. The van der Waals surface area contributed by atoms with Gasteiger partial charge in [0.15, 0.2) is 0 Å². The van der Waals surface area contributed by atoms with E-state index in [9.17, 15) is 13.2 Å². The Hall–Kier alpha value is -1.21. The third-order valence-electron chi connectivity index (χ3n) is 2.26. The van der Waals surface area contributed by atoms with Crippen molar-refractivity contribution in [3.63, 3.8) is 0 Å². The molecule has 18 heavy (non-hydrogen) atoms. The highest BCUT2D eigenvalue weighted by Crippen LogP contribution is 2.34. The minimum Gasteiger partial charge on any atom is -0.382 e. The van der Waals surface area contributed by atoms with Crippen LogP contribution in [0.15, 0.2) is 23.1 Å². The molecule has 1 aromatic carbocycles. The second-order valence-corrected chi connectivity index (χ2v) is 6.55. The van der Waals surface area contributed by atoms with Crippen LogP contribution in [-0.4, -0.2) is 25.8 Å². The summed E-state index contributed by atoms with van der Waals surface area (Å²) < 4.78 is 28.0. The summed E-state index contributed by atoms with van der Waals surface area (Å²) in [4.78, 5) is 12.1. The number of fused-ring (bicyclic) bond motifs is 1. The Balaban J connectivity index is 2.21. The summed E-state index contributed by atoms with van der Waals surface area (Å²) in [5, 5.41) is 2.68. The van der Waals surface area contributed by atoms with Gasteiger partial charge in [0.2, 0.25) is 5.91 Å². The van der Waals surface area contributed by atoms with Gasteiger partial charge in [-0.3, -0.25) is 4.79 Å². The van der Waals surface area contributed by atoms with Crippen molar-refractivity contribution in [1.82, 2.24) is 0 Å². The fourth-order valence-electron chi connectivity index (χ4n) is 1.55. The zero-order chi connectivity index (χ0) is 13.2. The number of benzene rings is 1. The van der Waals surface area contributed by atoms with Crippen LogP contribution in [0.2, 0.25) is 0 Å². The number of amides is 1. The zero-order valence-electron chi connectivity index (χ0n) is 9.80. The number of thioether (sulfide) groups is 1. The lowest BCUT2D eigenvalue weighted by molar-refractivity contribution is -0.113. The molecule has 2 rings (SSSR count). The molecule has 0 fully saturated rings. The molecule has 0 bridgehead atoms. The first-order valence-electron chi connectivity index (χ1n) is 5.49. The van der Waals surface area contributed by atoms with Gasteiger partial charge >= 0.3 is 10.1 Å². The second-order valence-electron chi connectivity index (χ2n) is 3.84. The largest absolute Gasteiger partial charge is 0.382 e. The van der Waals surface area contributed by atoms with E-state index in [1.165, 1.54) is 17.8 Å². The maximum atomic E-state index is 11.5. The molecule has 0 saturated heterocycles. The molecule has 7 heteroatoms. The van der Waals surface area contributed by atoms with E-state index in [0.29, 0.717) is 17.9 Å². The van der Waals surface area contributed by atoms with E-state index in [1.807, 2.05) is 0 Å². The summed E-state index contributed by atoms with van der Waals surface area (Å²) in [6.07, 6.45) is 0.500. The van der Waals surface area contributed by atoms with Crippen LogP contribution in [0.5, 0.6) is 5.75 Å². The average molecular weight is 287 g/mol. The lowest BCUT2D eigenvalue weighted by Crippen LogP contribution is -2.19. The van der Waals surface area contributed by atoms with E-state index < -0.39 is 10.1 Å². The fraction of sp³-hybridized carbons (Fsp3) is 0.364. The lowest BCUT2D eigenvalue weighted by Gasteiger charge is -2.17. The van der Waals surface area contributed by atoms with Crippen LogP contribution in [0, 0.1) is 0 Å². The van der Waals surface area contributed by atoms with Crippen LogP contribution in [0.25, 0.3) is 0 Å². The smallest absolute Gasteiger partial charge is 0.309 e. The maximum absolute atomic E-state index is 11.5. The van der Waals surface area contributed by atoms with Gasteiger partial charge in [-0.25, -0.2) is 0 Å². The molecule has 98 valence electrons. The minimum absolute atomic E-state index is 0.0226. The number of nitrogens with one attached hydrogen (secondary N) is 1. The zero-order valence-corrected chi connectivity index (χ0v) is 11.4. The summed E-state index contributed by atoms with van der Waals surface area (Å²) in [5.41, 5.74) is 0.598. The van der Waals surface area contributed by atoms with Crippen molar-refractivity contribution in [2.24, 2.45) is 0 Å². The lowest BCUT2D eigenvalue weighted by atomic mass is 10.3. The van der Waals surface area contributed by atoms with E-state index in [0.717, 1.165) is 4.90 Å². The molecule has 1 aliphatic rings. The normalized spacial score (nSPS) is 14.8. The number of carbonyl (C=O) groups excluding carboxylic acids is 1. The van der Waals surface area contributed by atoms with Crippen LogP contribution in [0.1, 0.15) is 13.3 Å². The van der Waals surface area contributed by atoms with E-state index in [4.69, 9.17) is 4.18 Å². The van der Waals surface area contributed by atoms with Gasteiger partial charge < -0.3 is 9.50 Å². The Morgan fingerprint density at radius 3 is 2.94 bits per heavy atom. The van der Waals surface area contributed by atoms with Gasteiger partial charge in [-0.2, -0.15) is 8.42 Å². The van der Waals surface area contributed by atoms with Crippen molar-refractivity contribution in [3.8, 4) is 5.75 Å². The van der Waals surface area contributed by atoms with Crippen molar-refractivity contribution in [2.45, 2.75) is 18.2 Å². The number of carbonyl (C=O) groups is 1. The van der Waals surface area contributed by atoms with Gasteiger partial charge in [-0.05, 0) is 18.6 Å². The van der Waals surface area contributed by atoms with Crippen molar-refractivity contribution < 1.29 is 17.4 Å². The van der Waals surface area contributed by atoms with Crippen molar-refractivity contribution in [2.75, 3.05) is 16.8 Å². The van der Waals surface area contributed by atoms with E-state index in [-0.39, 0.29) is 17.4 Å². The van der Waals surface area contributed by atoms with Crippen molar-refractivity contribution in [1.29, 1.82) is 0 Å². The van der Waals surface area contributed by atoms with Crippen molar-refractivity contribution in [3.05, 3.63) is 18.2 Å². The highest BCUT2D eigenvalue weighted by atomic mass is 32.2. The highest BCUT2D eigenvalue weighted by Gasteiger charge is 2.17. The third-order valence-corrected chi connectivity index (χ3v) is 4.69. The van der Waals surface area contributed by atoms with Gasteiger partial charge in [-0.15, -0.1) is 11.8 Å². The van der Waals surface area contributed by atoms with Gasteiger partial charge in [0.25, 0.3) is 0 Å². The Labute approximate surface area is 110 Å². The molecule has 1 amide bonds. The summed E-state index contributed by atoms with van der Waals surface area (Å²) in [6, 6.07) is 4.87. The number of anilines is 1. The quantitative estimate of drug-likeness (QED) is 0.856. The maximum Gasteiger partial charge on any atom is 0.309 e. The molecule has 0 radical (unpaired) electrons. The molecule has 1 N–H and O–H groups in total. The molecule has 0 aliphatic carbocycles. The van der Waals surface area contributed by atoms with Crippen LogP contribution in [0.3, 0.4) is 0 Å². The number of rotatable bonds is 4. The van der Waals surface area contributed by atoms with Gasteiger partial charge in [0.05, 0.1) is 17.2 Å². The molecular weight excluding hydrogens is 274 g/mol.